The van der Waals surface area contributed by atoms with Crippen molar-refractivity contribution in [2.24, 2.45) is 0 Å². The van der Waals surface area contributed by atoms with E-state index in [1.54, 1.807) is 4.90 Å². The standard InChI is InChI=1S/C12H26N4O/c1-4-15(11-12(17)14(2)3)9-10-16-7-5-13-6-8-16/h13H,4-11H2,1-3H3. The van der Waals surface area contributed by atoms with E-state index in [1.807, 2.05) is 14.1 Å². The van der Waals surface area contributed by atoms with E-state index in [0.29, 0.717) is 6.54 Å². The highest BCUT2D eigenvalue weighted by Gasteiger charge is 2.13. The van der Waals surface area contributed by atoms with Gasteiger partial charge in [0, 0.05) is 53.4 Å². The summed E-state index contributed by atoms with van der Waals surface area (Å²) in [5.41, 5.74) is 0. The molecule has 1 saturated heterocycles. The van der Waals surface area contributed by atoms with Crippen LogP contribution in [-0.4, -0.2) is 87.1 Å². The predicted octanol–water partition coefficient (Wildman–Crippen LogP) is -0.698. The maximum atomic E-state index is 11.6. The number of piperazine rings is 1. The zero-order valence-electron chi connectivity index (χ0n) is 11.4. The number of rotatable bonds is 6. The molecule has 0 saturated carbocycles. The maximum Gasteiger partial charge on any atom is 0.236 e. The van der Waals surface area contributed by atoms with Crippen molar-refractivity contribution in [1.29, 1.82) is 0 Å². The number of amides is 1. The van der Waals surface area contributed by atoms with Gasteiger partial charge in [-0.05, 0) is 6.54 Å². The molecule has 0 aliphatic carbocycles. The first-order chi connectivity index (χ1) is 8.13. The fourth-order valence-electron chi connectivity index (χ4n) is 1.90. The van der Waals surface area contributed by atoms with Gasteiger partial charge in [-0.25, -0.2) is 0 Å². The van der Waals surface area contributed by atoms with E-state index in [1.165, 1.54) is 0 Å². The Labute approximate surface area is 105 Å². The van der Waals surface area contributed by atoms with E-state index < -0.39 is 0 Å². The number of hydrogen-bond acceptors (Lipinski definition) is 4. The van der Waals surface area contributed by atoms with Crippen molar-refractivity contribution in [3.05, 3.63) is 0 Å². The van der Waals surface area contributed by atoms with Gasteiger partial charge in [-0.2, -0.15) is 0 Å². The lowest BCUT2D eigenvalue weighted by Gasteiger charge is -2.30. The van der Waals surface area contributed by atoms with Crippen LogP contribution < -0.4 is 5.32 Å². The van der Waals surface area contributed by atoms with E-state index in [9.17, 15) is 4.79 Å². The topological polar surface area (TPSA) is 38.8 Å². The van der Waals surface area contributed by atoms with Crippen molar-refractivity contribution in [1.82, 2.24) is 20.0 Å². The predicted molar refractivity (Wildman–Crippen MR) is 70.1 cm³/mol. The lowest BCUT2D eigenvalue weighted by atomic mass is 10.3. The molecule has 5 nitrogen and oxygen atoms in total. The van der Waals surface area contributed by atoms with Crippen LogP contribution in [0.5, 0.6) is 0 Å². The summed E-state index contributed by atoms with van der Waals surface area (Å²) in [5.74, 6) is 0.187. The van der Waals surface area contributed by atoms with Gasteiger partial charge in [0.15, 0.2) is 0 Å². The molecule has 17 heavy (non-hydrogen) atoms. The van der Waals surface area contributed by atoms with Gasteiger partial charge in [-0.3, -0.25) is 14.6 Å². The van der Waals surface area contributed by atoms with Crippen LogP contribution in [0.3, 0.4) is 0 Å². The summed E-state index contributed by atoms with van der Waals surface area (Å²) in [6.45, 7) is 10.1. The molecule has 0 spiro atoms. The molecule has 1 aliphatic rings. The summed E-state index contributed by atoms with van der Waals surface area (Å²) >= 11 is 0. The Balaban J connectivity index is 2.23. The Bertz CT molecular complexity index is 227. The Hall–Kier alpha value is -0.650. The van der Waals surface area contributed by atoms with E-state index in [-0.39, 0.29) is 5.91 Å². The van der Waals surface area contributed by atoms with Gasteiger partial charge in [-0.15, -0.1) is 0 Å². The lowest BCUT2D eigenvalue weighted by Crippen LogP contribution is -2.47. The van der Waals surface area contributed by atoms with Crippen LogP contribution in [0.2, 0.25) is 0 Å². The summed E-state index contributed by atoms with van der Waals surface area (Å²) in [5, 5.41) is 3.35. The molecule has 1 heterocycles. The van der Waals surface area contributed by atoms with Gasteiger partial charge < -0.3 is 10.2 Å². The zero-order chi connectivity index (χ0) is 12.7. The first-order valence-corrected chi connectivity index (χ1v) is 6.49. The number of nitrogens with one attached hydrogen (secondary N) is 1. The summed E-state index contributed by atoms with van der Waals surface area (Å²) < 4.78 is 0. The fourth-order valence-corrected chi connectivity index (χ4v) is 1.90. The molecule has 0 radical (unpaired) electrons. The van der Waals surface area contributed by atoms with E-state index in [2.05, 4.69) is 22.0 Å². The zero-order valence-corrected chi connectivity index (χ0v) is 11.4. The third kappa shape index (κ3) is 5.48. The highest BCUT2D eigenvalue weighted by Crippen LogP contribution is 1.95. The fraction of sp³-hybridized carbons (Fsp3) is 0.917. The molecule has 0 bridgehead atoms. The van der Waals surface area contributed by atoms with Crippen molar-refractivity contribution in [2.45, 2.75) is 6.92 Å². The molecule has 0 aromatic heterocycles. The summed E-state index contributed by atoms with van der Waals surface area (Å²) in [6, 6.07) is 0. The molecule has 5 heteroatoms. The average molecular weight is 242 g/mol. The average Bonchev–Trinajstić information content (AvgIpc) is 2.35. The quantitative estimate of drug-likeness (QED) is 0.669. The van der Waals surface area contributed by atoms with Gasteiger partial charge >= 0.3 is 0 Å². The Morgan fingerprint density at radius 3 is 2.47 bits per heavy atom. The summed E-state index contributed by atoms with van der Waals surface area (Å²) in [4.78, 5) is 18.0. The van der Waals surface area contributed by atoms with Gasteiger partial charge in [0.05, 0.1) is 6.54 Å². The molecule has 1 N–H and O–H groups in total. The Morgan fingerprint density at radius 2 is 1.94 bits per heavy atom. The molecule has 1 rings (SSSR count). The van der Waals surface area contributed by atoms with Gasteiger partial charge in [0.1, 0.15) is 0 Å². The lowest BCUT2D eigenvalue weighted by molar-refractivity contribution is -0.129. The highest BCUT2D eigenvalue weighted by atomic mass is 16.2. The molecular weight excluding hydrogens is 216 g/mol. The van der Waals surface area contributed by atoms with E-state index in [4.69, 9.17) is 0 Å². The van der Waals surface area contributed by atoms with Gasteiger partial charge in [-0.1, -0.05) is 6.92 Å². The second kappa shape index (κ2) is 7.63. The van der Waals surface area contributed by atoms with Crippen LogP contribution in [0.25, 0.3) is 0 Å². The van der Waals surface area contributed by atoms with Crippen molar-refractivity contribution < 1.29 is 4.79 Å². The van der Waals surface area contributed by atoms with Crippen LogP contribution in [0, 0.1) is 0 Å². The number of carbonyl (C=O) groups excluding carboxylic acids is 1. The minimum atomic E-state index is 0.187. The van der Waals surface area contributed by atoms with Crippen molar-refractivity contribution in [2.75, 3.05) is 66.5 Å². The summed E-state index contributed by atoms with van der Waals surface area (Å²) in [6.07, 6.45) is 0. The third-order valence-electron chi connectivity index (χ3n) is 3.25. The second-order valence-electron chi connectivity index (χ2n) is 4.75. The van der Waals surface area contributed by atoms with Crippen LogP contribution in [0.15, 0.2) is 0 Å². The van der Waals surface area contributed by atoms with Crippen molar-refractivity contribution in [3.8, 4) is 0 Å². The SMILES string of the molecule is CCN(CCN1CCNCC1)CC(=O)N(C)C. The summed E-state index contributed by atoms with van der Waals surface area (Å²) in [7, 11) is 3.62. The van der Waals surface area contributed by atoms with Crippen LogP contribution in [0.4, 0.5) is 0 Å². The molecule has 0 aromatic rings. The minimum Gasteiger partial charge on any atom is -0.348 e. The number of hydrogen-bond donors (Lipinski definition) is 1. The van der Waals surface area contributed by atoms with Gasteiger partial charge in [0.25, 0.3) is 0 Å². The van der Waals surface area contributed by atoms with Crippen molar-refractivity contribution in [3.63, 3.8) is 0 Å². The first kappa shape index (κ1) is 14.4. The number of likely N-dealkylation sites (N-methyl/N-ethyl adjacent to an activating group) is 2. The Kier molecular flexibility index (Phi) is 6.47. The van der Waals surface area contributed by atoms with E-state index in [0.717, 1.165) is 45.8 Å². The molecular formula is C12H26N4O. The Morgan fingerprint density at radius 1 is 1.29 bits per heavy atom. The largest absolute Gasteiger partial charge is 0.348 e. The minimum absolute atomic E-state index is 0.187. The third-order valence-corrected chi connectivity index (χ3v) is 3.25. The van der Waals surface area contributed by atoms with E-state index >= 15 is 0 Å². The molecule has 1 fully saturated rings. The van der Waals surface area contributed by atoms with Crippen LogP contribution in [0.1, 0.15) is 6.92 Å². The monoisotopic (exact) mass is 242 g/mol. The molecule has 1 amide bonds. The molecule has 0 aromatic carbocycles. The van der Waals surface area contributed by atoms with Gasteiger partial charge in [0.2, 0.25) is 5.91 Å². The van der Waals surface area contributed by atoms with Crippen LogP contribution >= 0.6 is 0 Å². The number of carbonyl (C=O) groups is 1. The molecule has 0 unspecified atom stereocenters. The van der Waals surface area contributed by atoms with Crippen LogP contribution in [-0.2, 0) is 4.79 Å². The second-order valence-corrected chi connectivity index (χ2v) is 4.75. The molecule has 0 atom stereocenters. The first-order valence-electron chi connectivity index (χ1n) is 6.49. The molecule has 1 aliphatic heterocycles. The molecule has 100 valence electrons. The number of nitrogens with zero attached hydrogens (tertiary/aromatic N) is 3. The van der Waals surface area contributed by atoms with Crippen molar-refractivity contribution >= 4 is 5.91 Å². The smallest absolute Gasteiger partial charge is 0.236 e. The highest BCUT2D eigenvalue weighted by molar-refractivity contribution is 5.77. The maximum absolute atomic E-state index is 11.6. The normalized spacial score (nSPS) is 17.4.